The van der Waals surface area contributed by atoms with Crippen LogP contribution in [0.1, 0.15) is 25.3 Å². The Morgan fingerprint density at radius 2 is 1.89 bits per heavy atom. The van der Waals surface area contributed by atoms with E-state index in [1.54, 1.807) is 30.3 Å². The number of nitrogens with zero attached hydrogens (tertiary/aromatic N) is 3. The minimum Gasteiger partial charge on any atom is -0.358 e. The molecule has 0 spiro atoms. The lowest BCUT2D eigenvalue weighted by Crippen LogP contribution is -2.48. The topological polar surface area (TPSA) is 106 Å². The van der Waals surface area contributed by atoms with Crippen LogP contribution in [-0.2, 0) is 14.8 Å². The Hall–Kier alpha value is -2.94. The van der Waals surface area contributed by atoms with Crippen LogP contribution in [0, 0.1) is 6.92 Å². The third kappa shape index (κ3) is 3.22. The lowest BCUT2D eigenvalue weighted by atomic mass is 10.0. The van der Waals surface area contributed by atoms with Gasteiger partial charge in [0.1, 0.15) is 18.2 Å². The highest BCUT2D eigenvalue weighted by Crippen LogP contribution is 2.26. The van der Waals surface area contributed by atoms with E-state index in [2.05, 4.69) is 20.6 Å². The molecule has 2 N–H and O–H groups in total. The number of hydrogen-bond donors (Lipinski definition) is 2. The highest BCUT2D eigenvalue weighted by Gasteiger charge is 2.27. The smallest absolute Gasteiger partial charge is 0.269 e. The first-order chi connectivity index (χ1) is 13.4. The molecule has 0 aliphatic carbocycles. The molecular formula is C19H21N5O3S. The summed E-state index contributed by atoms with van der Waals surface area (Å²) < 4.78 is 27.2. The van der Waals surface area contributed by atoms with E-state index in [-0.39, 0.29) is 22.5 Å². The van der Waals surface area contributed by atoms with Crippen molar-refractivity contribution in [3.63, 3.8) is 0 Å². The predicted octanol–water partition coefficient (Wildman–Crippen LogP) is 2.06. The molecule has 1 aliphatic rings. The van der Waals surface area contributed by atoms with Gasteiger partial charge in [0.25, 0.3) is 10.0 Å². The zero-order valence-corrected chi connectivity index (χ0v) is 16.4. The average Bonchev–Trinajstić information content (AvgIpc) is 3.10. The fourth-order valence-corrected chi connectivity index (χ4v) is 4.63. The first kappa shape index (κ1) is 18.4. The third-order valence-corrected chi connectivity index (χ3v) is 6.61. The number of benzene rings is 1. The molecule has 9 heteroatoms. The van der Waals surface area contributed by atoms with Crippen LogP contribution in [0.25, 0.3) is 11.0 Å². The monoisotopic (exact) mass is 399 g/mol. The third-order valence-electron chi connectivity index (χ3n) is 4.93. The van der Waals surface area contributed by atoms with E-state index in [9.17, 15) is 13.2 Å². The Labute approximate surface area is 163 Å². The van der Waals surface area contributed by atoms with E-state index in [1.807, 2.05) is 13.8 Å². The van der Waals surface area contributed by atoms with Crippen LogP contribution in [0.2, 0.25) is 0 Å². The van der Waals surface area contributed by atoms with Gasteiger partial charge in [0, 0.05) is 12.2 Å². The molecule has 1 aliphatic heterocycles. The van der Waals surface area contributed by atoms with Gasteiger partial charge in [-0.25, -0.2) is 22.4 Å². The Bertz CT molecular complexity index is 1140. The van der Waals surface area contributed by atoms with Crippen molar-refractivity contribution in [3.05, 3.63) is 48.4 Å². The molecule has 2 aromatic heterocycles. The van der Waals surface area contributed by atoms with E-state index in [0.717, 1.165) is 16.0 Å². The van der Waals surface area contributed by atoms with Crippen molar-refractivity contribution < 1.29 is 13.2 Å². The Balaban J connectivity index is 1.71. The summed E-state index contributed by atoms with van der Waals surface area (Å²) in [7, 11) is -3.79. The number of nitrogens with one attached hydrogen (secondary N) is 2. The molecule has 1 amide bonds. The summed E-state index contributed by atoms with van der Waals surface area (Å²) in [5, 5.41) is 6.59. The second-order valence-corrected chi connectivity index (χ2v) is 8.89. The number of carbonyl (C=O) groups excluding carboxylic acids is 1. The zero-order valence-electron chi connectivity index (χ0n) is 15.6. The highest BCUT2D eigenvalue weighted by molar-refractivity contribution is 7.90. The summed E-state index contributed by atoms with van der Waals surface area (Å²) >= 11 is 0. The maximum atomic E-state index is 13.0. The van der Waals surface area contributed by atoms with Crippen molar-refractivity contribution >= 4 is 32.8 Å². The normalized spacial score (nSPS) is 20.1. The minimum atomic E-state index is -3.79. The Morgan fingerprint density at radius 1 is 1.14 bits per heavy atom. The van der Waals surface area contributed by atoms with Crippen LogP contribution in [-0.4, -0.2) is 40.3 Å². The molecule has 146 valence electrons. The number of carbonyl (C=O) groups is 1. The Kier molecular flexibility index (Phi) is 4.54. The van der Waals surface area contributed by atoms with E-state index in [0.29, 0.717) is 17.6 Å². The van der Waals surface area contributed by atoms with Crippen LogP contribution >= 0.6 is 0 Å². The maximum absolute atomic E-state index is 13.0. The van der Waals surface area contributed by atoms with Gasteiger partial charge in [-0.15, -0.1) is 0 Å². The molecule has 1 aromatic carbocycles. The van der Waals surface area contributed by atoms with Gasteiger partial charge < -0.3 is 10.6 Å². The molecule has 0 bridgehead atoms. The standard InChI is InChI=1S/C19H21N5O3S/c1-12-3-6-14(7-4-12)28(26,27)24-10-9-15-17(20-11-21-18(15)24)23-16-8-5-13(2)22-19(16)25/h3-4,6-7,9-11,13,16H,5,8H2,1-2H3,(H,22,25)(H,20,21,23)/t13-,16+/m0/s1. The first-order valence-electron chi connectivity index (χ1n) is 9.07. The van der Waals surface area contributed by atoms with E-state index in [4.69, 9.17) is 0 Å². The molecule has 1 fully saturated rings. The van der Waals surface area contributed by atoms with Gasteiger partial charge in [0.2, 0.25) is 5.91 Å². The molecule has 4 rings (SSSR count). The number of aromatic nitrogens is 3. The van der Waals surface area contributed by atoms with Crippen molar-refractivity contribution in [2.45, 2.75) is 43.7 Å². The van der Waals surface area contributed by atoms with Crippen LogP contribution in [0.5, 0.6) is 0 Å². The first-order valence-corrected chi connectivity index (χ1v) is 10.5. The molecular weight excluding hydrogens is 378 g/mol. The average molecular weight is 399 g/mol. The van der Waals surface area contributed by atoms with Gasteiger partial charge in [-0.3, -0.25) is 4.79 Å². The molecule has 0 saturated carbocycles. The summed E-state index contributed by atoms with van der Waals surface area (Å²) in [6, 6.07) is 8.04. The fourth-order valence-electron chi connectivity index (χ4n) is 3.33. The van der Waals surface area contributed by atoms with E-state index < -0.39 is 16.1 Å². The van der Waals surface area contributed by atoms with Gasteiger partial charge >= 0.3 is 0 Å². The number of hydrogen-bond acceptors (Lipinski definition) is 6. The minimum absolute atomic E-state index is 0.0859. The maximum Gasteiger partial charge on any atom is 0.269 e. The summed E-state index contributed by atoms with van der Waals surface area (Å²) in [6.07, 6.45) is 4.30. The van der Waals surface area contributed by atoms with Crippen molar-refractivity contribution in [1.82, 2.24) is 19.3 Å². The summed E-state index contributed by atoms with van der Waals surface area (Å²) in [6.45, 7) is 3.86. The molecule has 28 heavy (non-hydrogen) atoms. The lowest BCUT2D eigenvalue weighted by Gasteiger charge is -2.27. The number of amides is 1. The van der Waals surface area contributed by atoms with Crippen molar-refractivity contribution in [2.24, 2.45) is 0 Å². The van der Waals surface area contributed by atoms with Crippen molar-refractivity contribution in [2.75, 3.05) is 5.32 Å². The van der Waals surface area contributed by atoms with Crippen LogP contribution in [0.4, 0.5) is 5.82 Å². The molecule has 3 aromatic rings. The number of rotatable bonds is 4. The quantitative estimate of drug-likeness (QED) is 0.696. The van der Waals surface area contributed by atoms with Gasteiger partial charge in [-0.1, -0.05) is 17.7 Å². The summed E-state index contributed by atoms with van der Waals surface area (Å²) in [5.41, 5.74) is 1.24. The van der Waals surface area contributed by atoms with Crippen molar-refractivity contribution in [3.8, 4) is 0 Å². The Morgan fingerprint density at radius 3 is 2.61 bits per heavy atom. The lowest BCUT2D eigenvalue weighted by molar-refractivity contribution is -0.123. The van der Waals surface area contributed by atoms with Crippen LogP contribution in [0.3, 0.4) is 0 Å². The van der Waals surface area contributed by atoms with Crippen molar-refractivity contribution in [1.29, 1.82) is 0 Å². The molecule has 3 heterocycles. The van der Waals surface area contributed by atoms with E-state index in [1.165, 1.54) is 12.5 Å². The van der Waals surface area contributed by atoms with Gasteiger partial charge in [-0.2, -0.15) is 0 Å². The van der Waals surface area contributed by atoms with Gasteiger partial charge in [-0.05, 0) is 44.9 Å². The van der Waals surface area contributed by atoms with Crippen LogP contribution in [0.15, 0.2) is 47.8 Å². The fraction of sp³-hybridized carbons (Fsp3) is 0.316. The predicted molar refractivity (Wildman–Crippen MR) is 106 cm³/mol. The van der Waals surface area contributed by atoms with Crippen LogP contribution < -0.4 is 10.6 Å². The number of piperidine rings is 1. The molecule has 0 unspecified atom stereocenters. The van der Waals surface area contributed by atoms with E-state index >= 15 is 0 Å². The summed E-state index contributed by atoms with van der Waals surface area (Å²) in [4.78, 5) is 20.8. The second-order valence-electron chi connectivity index (χ2n) is 7.07. The molecule has 0 radical (unpaired) electrons. The molecule has 1 saturated heterocycles. The SMILES string of the molecule is Cc1ccc(S(=O)(=O)n2ccc3c(N[C@@H]4CC[C@H](C)NC4=O)ncnc32)cc1. The zero-order chi connectivity index (χ0) is 19.9. The molecule has 8 nitrogen and oxygen atoms in total. The number of aryl methyl sites for hydroxylation is 1. The highest BCUT2D eigenvalue weighted by atomic mass is 32.2. The number of fused-ring (bicyclic) bond motifs is 1. The second kappa shape index (κ2) is 6.90. The largest absolute Gasteiger partial charge is 0.358 e. The molecule has 2 atom stereocenters. The summed E-state index contributed by atoms with van der Waals surface area (Å²) in [5.74, 6) is 0.356. The number of anilines is 1. The van der Waals surface area contributed by atoms with Gasteiger partial charge in [0.05, 0.1) is 10.3 Å². The van der Waals surface area contributed by atoms with Gasteiger partial charge in [0.15, 0.2) is 5.65 Å².